The number of halogens is 3. The Morgan fingerprint density at radius 3 is 2.55 bits per heavy atom. The highest BCUT2D eigenvalue weighted by Crippen LogP contribution is 2.33. The molecule has 1 aromatic heterocycles. The lowest BCUT2D eigenvalue weighted by atomic mass is 10.0. The molecule has 0 aliphatic rings. The Labute approximate surface area is 113 Å². The topological polar surface area (TPSA) is 39.2 Å². The summed E-state index contributed by atoms with van der Waals surface area (Å²) < 4.78 is 42.7. The van der Waals surface area contributed by atoms with Crippen molar-refractivity contribution in [3.05, 3.63) is 59.4 Å². The van der Waals surface area contributed by atoms with E-state index in [0.717, 1.165) is 18.2 Å². The fraction of sp³-hybridized carbons (Fsp3) is 0.143. The maximum absolute atomic E-state index is 12.6. The van der Waals surface area contributed by atoms with E-state index in [2.05, 4.69) is 4.98 Å². The molecule has 0 N–H and O–H groups in total. The molecule has 0 saturated carbocycles. The smallest absolute Gasteiger partial charge is 0.416 e. The molecule has 2 aromatic rings. The SMILES string of the molecule is COc1cc(C(F)(F)F)ccc1C(=O)c1cccnc1. The molecule has 0 spiro atoms. The van der Waals surface area contributed by atoms with Crippen LogP contribution in [0.1, 0.15) is 21.5 Å². The van der Waals surface area contributed by atoms with E-state index >= 15 is 0 Å². The number of ether oxygens (including phenoxy) is 1. The number of methoxy groups -OCH3 is 1. The first-order chi connectivity index (χ1) is 9.43. The summed E-state index contributed by atoms with van der Waals surface area (Å²) in [5.41, 5.74) is -0.517. The van der Waals surface area contributed by atoms with Crippen LogP contribution in [0, 0.1) is 0 Å². The highest BCUT2D eigenvalue weighted by Gasteiger charge is 2.31. The van der Waals surface area contributed by atoms with Gasteiger partial charge in [-0.2, -0.15) is 13.2 Å². The molecule has 20 heavy (non-hydrogen) atoms. The van der Waals surface area contributed by atoms with Crippen LogP contribution in [0.15, 0.2) is 42.7 Å². The molecule has 0 amide bonds. The zero-order chi connectivity index (χ0) is 14.8. The Hall–Kier alpha value is -2.37. The summed E-state index contributed by atoms with van der Waals surface area (Å²) >= 11 is 0. The van der Waals surface area contributed by atoms with Gasteiger partial charge in [0.25, 0.3) is 0 Å². The van der Waals surface area contributed by atoms with Gasteiger partial charge in [0.1, 0.15) is 5.75 Å². The first kappa shape index (κ1) is 14.0. The lowest BCUT2D eigenvalue weighted by Crippen LogP contribution is -2.09. The number of alkyl halides is 3. The predicted octanol–water partition coefficient (Wildman–Crippen LogP) is 3.34. The van der Waals surface area contributed by atoms with Gasteiger partial charge in [0.15, 0.2) is 5.78 Å². The molecule has 0 unspecified atom stereocenters. The van der Waals surface area contributed by atoms with Crippen LogP contribution in [0.3, 0.4) is 0 Å². The number of aromatic nitrogens is 1. The molecule has 104 valence electrons. The van der Waals surface area contributed by atoms with Gasteiger partial charge in [-0.25, -0.2) is 0 Å². The van der Waals surface area contributed by atoms with Gasteiger partial charge in [-0.15, -0.1) is 0 Å². The maximum atomic E-state index is 12.6. The summed E-state index contributed by atoms with van der Waals surface area (Å²) in [4.78, 5) is 16.0. The van der Waals surface area contributed by atoms with Crippen LogP contribution in [0.4, 0.5) is 13.2 Å². The Bertz CT molecular complexity index is 624. The summed E-state index contributed by atoms with van der Waals surface area (Å²) in [5, 5.41) is 0. The monoisotopic (exact) mass is 281 g/mol. The maximum Gasteiger partial charge on any atom is 0.416 e. The largest absolute Gasteiger partial charge is 0.496 e. The zero-order valence-corrected chi connectivity index (χ0v) is 10.4. The fourth-order valence-corrected chi connectivity index (χ4v) is 1.71. The predicted molar refractivity (Wildman–Crippen MR) is 65.7 cm³/mol. The van der Waals surface area contributed by atoms with E-state index in [9.17, 15) is 18.0 Å². The fourth-order valence-electron chi connectivity index (χ4n) is 1.71. The van der Waals surface area contributed by atoms with E-state index in [1.165, 1.54) is 25.6 Å². The van der Waals surface area contributed by atoms with Crippen molar-refractivity contribution in [1.29, 1.82) is 0 Å². The highest BCUT2D eigenvalue weighted by atomic mass is 19.4. The Balaban J connectivity index is 2.45. The first-order valence-electron chi connectivity index (χ1n) is 5.63. The average molecular weight is 281 g/mol. The third-order valence-electron chi connectivity index (χ3n) is 2.70. The lowest BCUT2D eigenvalue weighted by Gasteiger charge is -2.12. The van der Waals surface area contributed by atoms with Crippen LogP contribution in [-0.2, 0) is 6.18 Å². The van der Waals surface area contributed by atoms with Crippen LogP contribution in [0.5, 0.6) is 5.75 Å². The van der Waals surface area contributed by atoms with Gasteiger partial charge >= 0.3 is 6.18 Å². The molecule has 1 aromatic carbocycles. The summed E-state index contributed by atoms with van der Waals surface area (Å²) in [6.45, 7) is 0. The van der Waals surface area contributed by atoms with Crippen molar-refractivity contribution in [3.8, 4) is 5.75 Å². The highest BCUT2D eigenvalue weighted by molar-refractivity contribution is 6.10. The second kappa shape index (κ2) is 5.32. The van der Waals surface area contributed by atoms with Gasteiger partial charge in [-0.05, 0) is 30.3 Å². The summed E-state index contributed by atoms with van der Waals surface area (Å²) in [6.07, 6.45) is -1.64. The number of pyridine rings is 1. The van der Waals surface area contributed by atoms with Crippen molar-refractivity contribution in [2.75, 3.05) is 7.11 Å². The molecule has 0 atom stereocenters. The molecule has 0 aliphatic heterocycles. The zero-order valence-electron chi connectivity index (χ0n) is 10.4. The summed E-state index contributed by atoms with van der Waals surface area (Å²) in [6, 6.07) is 5.88. The quantitative estimate of drug-likeness (QED) is 0.810. The molecule has 1 heterocycles. The standard InChI is InChI=1S/C14H10F3NO2/c1-20-12-7-10(14(15,16)17)4-5-11(12)13(19)9-3-2-6-18-8-9/h2-8H,1H3. The van der Waals surface area contributed by atoms with Gasteiger partial charge in [-0.1, -0.05) is 0 Å². The summed E-state index contributed by atoms with van der Waals surface area (Å²) in [7, 11) is 1.22. The molecular formula is C14H10F3NO2. The number of benzene rings is 1. The van der Waals surface area contributed by atoms with Crippen LogP contribution >= 0.6 is 0 Å². The number of carbonyl (C=O) groups is 1. The number of hydrogen-bond donors (Lipinski definition) is 0. The number of carbonyl (C=O) groups excluding carboxylic acids is 1. The van der Waals surface area contributed by atoms with Gasteiger partial charge in [-0.3, -0.25) is 9.78 Å². The van der Waals surface area contributed by atoms with Gasteiger partial charge in [0.05, 0.1) is 18.2 Å². The molecule has 3 nitrogen and oxygen atoms in total. The van der Waals surface area contributed by atoms with E-state index in [1.807, 2.05) is 0 Å². The minimum absolute atomic E-state index is 0.0634. The number of nitrogens with zero attached hydrogens (tertiary/aromatic N) is 1. The molecular weight excluding hydrogens is 271 g/mol. The van der Waals surface area contributed by atoms with Crippen molar-refractivity contribution in [1.82, 2.24) is 4.98 Å². The van der Waals surface area contributed by atoms with Gasteiger partial charge in [0, 0.05) is 18.0 Å². The van der Waals surface area contributed by atoms with Crippen molar-refractivity contribution >= 4 is 5.78 Å². The van der Waals surface area contributed by atoms with Crippen LogP contribution in [-0.4, -0.2) is 17.9 Å². The van der Waals surface area contributed by atoms with Crippen LogP contribution in [0.25, 0.3) is 0 Å². The lowest BCUT2D eigenvalue weighted by molar-refractivity contribution is -0.137. The second-order valence-corrected chi connectivity index (χ2v) is 3.98. The molecule has 2 rings (SSSR count). The Kier molecular flexibility index (Phi) is 3.74. The third kappa shape index (κ3) is 2.79. The number of rotatable bonds is 3. The molecule has 0 aliphatic carbocycles. The van der Waals surface area contributed by atoms with Gasteiger partial charge in [0.2, 0.25) is 0 Å². The average Bonchev–Trinajstić information content (AvgIpc) is 2.45. The van der Waals surface area contributed by atoms with E-state index in [0.29, 0.717) is 0 Å². The van der Waals surface area contributed by atoms with Crippen molar-refractivity contribution in [2.24, 2.45) is 0 Å². The number of ketones is 1. The van der Waals surface area contributed by atoms with E-state index in [4.69, 9.17) is 4.74 Å². The minimum Gasteiger partial charge on any atom is -0.496 e. The van der Waals surface area contributed by atoms with Gasteiger partial charge < -0.3 is 4.74 Å². The van der Waals surface area contributed by atoms with Crippen molar-refractivity contribution < 1.29 is 22.7 Å². The second-order valence-electron chi connectivity index (χ2n) is 3.98. The Morgan fingerprint density at radius 1 is 1.25 bits per heavy atom. The number of hydrogen-bond acceptors (Lipinski definition) is 3. The summed E-state index contributed by atoms with van der Waals surface area (Å²) in [5.74, 6) is -0.558. The van der Waals surface area contributed by atoms with Crippen LogP contribution in [0.2, 0.25) is 0 Å². The van der Waals surface area contributed by atoms with Crippen molar-refractivity contribution in [3.63, 3.8) is 0 Å². The Morgan fingerprint density at radius 2 is 2.00 bits per heavy atom. The normalized spacial score (nSPS) is 11.2. The molecule has 0 bridgehead atoms. The van der Waals surface area contributed by atoms with Crippen molar-refractivity contribution in [2.45, 2.75) is 6.18 Å². The van der Waals surface area contributed by atoms with E-state index < -0.39 is 17.5 Å². The minimum atomic E-state index is -4.48. The molecule has 0 radical (unpaired) electrons. The molecule has 0 fully saturated rings. The van der Waals surface area contributed by atoms with Crippen LogP contribution < -0.4 is 4.74 Å². The first-order valence-corrected chi connectivity index (χ1v) is 5.63. The third-order valence-corrected chi connectivity index (χ3v) is 2.70. The molecule has 0 saturated heterocycles. The van der Waals surface area contributed by atoms with E-state index in [-0.39, 0.29) is 16.9 Å². The van der Waals surface area contributed by atoms with E-state index in [1.54, 1.807) is 6.07 Å². The molecule has 6 heteroatoms.